The summed E-state index contributed by atoms with van der Waals surface area (Å²) < 4.78 is 5.47. The van der Waals surface area contributed by atoms with Crippen LogP contribution in [0.1, 0.15) is 322 Å². The number of carbonyl (C=O) groups is 2. The molecule has 6 nitrogen and oxygen atoms in total. The molecule has 0 aromatic rings. The maximum absolute atomic E-state index is 12.4. The molecule has 3 N–H and O–H groups in total. The number of carbonyl (C=O) groups excluding carboxylic acids is 2. The van der Waals surface area contributed by atoms with Gasteiger partial charge in [-0.1, -0.05) is 276 Å². The standard InChI is InChI=1S/C60H115NO5/c1-3-5-7-9-11-13-15-17-29-32-36-40-44-48-52-58(63)57(56-62)61-59(64)53-49-45-41-37-33-30-26-24-22-20-18-19-21-23-25-27-31-35-39-43-47-51-55-66-60(65)54-50-46-42-38-34-28-16-14-12-10-8-6-4-2/h14,16,48,52,57-58,62-63H,3-13,15,17-47,49-51,53-56H2,1-2H3,(H,61,64)/b16-14-,52-48+. The molecule has 0 aliphatic heterocycles. The molecule has 0 saturated heterocycles. The number of hydrogen-bond donors (Lipinski definition) is 3. The summed E-state index contributed by atoms with van der Waals surface area (Å²) in [5, 5.41) is 23.1. The van der Waals surface area contributed by atoms with Crippen LogP contribution in [0, 0.1) is 0 Å². The molecule has 1 amide bonds. The lowest BCUT2D eigenvalue weighted by Crippen LogP contribution is -2.45. The third-order valence-electron chi connectivity index (χ3n) is 13.7. The minimum Gasteiger partial charge on any atom is -0.466 e. The van der Waals surface area contributed by atoms with E-state index >= 15 is 0 Å². The van der Waals surface area contributed by atoms with Crippen LogP contribution in [0.25, 0.3) is 0 Å². The molecule has 390 valence electrons. The molecule has 2 atom stereocenters. The van der Waals surface area contributed by atoms with Gasteiger partial charge in [0.25, 0.3) is 0 Å². The molecule has 0 spiro atoms. The minimum atomic E-state index is -0.844. The first kappa shape index (κ1) is 64.3. The summed E-state index contributed by atoms with van der Waals surface area (Å²) in [6, 6.07) is -0.627. The largest absolute Gasteiger partial charge is 0.466 e. The summed E-state index contributed by atoms with van der Waals surface area (Å²) in [5.74, 6) is -0.0638. The molecule has 0 aliphatic carbocycles. The molecule has 0 aromatic carbocycles. The van der Waals surface area contributed by atoms with Crippen LogP contribution < -0.4 is 5.32 Å². The van der Waals surface area contributed by atoms with Crippen molar-refractivity contribution in [2.24, 2.45) is 0 Å². The van der Waals surface area contributed by atoms with Crippen molar-refractivity contribution in [3.63, 3.8) is 0 Å². The number of nitrogens with one attached hydrogen (secondary N) is 1. The molecule has 0 saturated carbocycles. The minimum absolute atomic E-state index is 0.00350. The third-order valence-corrected chi connectivity index (χ3v) is 13.7. The Balaban J connectivity index is 3.40. The highest BCUT2D eigenvalue weighted by molar-refractivity contribution is 5.76. The average Bonchev–Trinajstić information content (AvgIpc) is 3.32. The van der Waals surface area contributed by atoms with Crippen molar-refractivity contribution in [1.82, 2.24) is 5.32 Å². The van der Waals surface area contributed by atoms with Crippen molar-refractivity contribution in [3.05, 3.63) is 24.3 Å². The average molecular weight is 931 g/mol. The van der Waals surface area contributed by atoms with Crippen LogP contribution in [0.2, 0.25) is 0 Å². The quantitative estimate of drug-likeness (QED) is 0.0321. The number of aliphatic hydroxyl groups excluding tert-OH is 2. The monoisotopic (exact) mass is 930 g/mol. The summed E-state index contributed by atoms with van der Waals surface area (Å²) in [4.78, 5) is 24.5. The van der Waals surface area contributed by atoms with E-state index in [1.165, 1.54) is 250 Å². The predicted molar refractivity (Wildman–Crippen MR) is 287 cm³/mol. The second-order valence-electron chi connectivity index (χ2n) is 20.3. The molecule has 2 unspecified atom stereocenters. The first-order valence-electron chi connectivity index (χ1n) is 29.6. The number of unbranched alkanes of at least 4 members (excludes halogenated alkanes) is 42. The Morgan fingerprint density at radius 1 is 0.409 bits per heavy atom. The molecular formula is C60H115NO5. The topological polar surface area (TPSA) is 95.9 Å². The van der Waals surface area contributed by atoms with E-state index in [-0.39, 0.29) is 18.5 Å². The van der Waals surface area contributed by atoms with Gasteiger partial charge in [-0.05, 0) is 57.8 Å². The highest BCUT2D eigenvalue weighted by atomic mass is 16.5. The fourth-order valence-electron chi connectivity index (χ4n) is 9.16. The summed E-state index contributed by atoms with van der Waals surface area (Å²) in [7, 11) is 0. The molecule has 66 heavy (non-hydrogen) atoms. The molecule has 0 aliphatic rings. The van der Waals surface area contributed by atoms with E-state index in [9.17, 15) is 19.8 Å². The van der Waals surface area contributed by atoms with Gasteiger partial charge in [-0.15, -0.1) is 0 Å². The van der Waals surface area contributed by atoms with Gasteiger partial charge in [0.05, 0.1) is 25.4 Å². The van der Waals surface area contributed by atoms with E-state index in [0.29, 0.717) is 19.4 Å². The van der Waals surface area contributed by atoms with Crippen molar-refractivity contribution in [1.29, 1.82) is 0 Å². The summed E-state index contributed by atoms with van der Waals surface area (Å²) in [6.07, 6.45) is 67.8. The maximum atomic E-state index is 12.4. The van der Waals surface area contributed by atoms with E-state index in [1.807, 2.05) is 6.08 Å². The van der Waals surface area contributed by atoms with Crippen LogP contribution in [-0.2, 0) is 14.3 Å². The zero-order chi connectivity index (χ0) is 47.9. The van der Waals surface area contributed by atoms with Gasteiger partial charge < -0.3 is 20.3 Å². The van der Waals surface area contributed by atoms with E-state index in [2.05, 4.69) is 31.3 Å². The number of allylic oxidation sites excluding steroid dienone is 3. The molecule has 0 fully saturated rings. The van der Waals surface area contributed by atoms with Gasteiger partial charge >= 0.3 is 5.97 Å². The lowest BCUT2D eigenvalue weighted by Gasteiger charge is -2.20. The Hall–Kier alpha value is -1.66. The maximum Gasteiger partial charge on any atom is 0.305 e. The van der Waals surface area contributed by atoms with Crippen LogP contribution in [0.3, 0.4) is 0 Å². The van der Waals surface area contributed by atoms with Gasteiger partial charge in [0.15, 0.2) is 0 Å². The van der Waals surface area contributed by atoms with Crippen LogP contribution >= 0.6 is 0 Å². The number of ether oxygens (including phenoxy) is 1. The molecule has 6 heteroatoms. The number of esters is 1. The van der Waals surface area contributed by atoms with Gasteiger partial charge in [0.2, 0.25) is 5.91 Å². The van der Waals surface area contributed by atoms with E-state index in [4.69, 9.17) is 4.74 Å². The Morgan fingerprint density at radius 2 is 0.712 bits per heavy atom. The van der Waals surface area contributed by atoms with Crippen molar-refractivity contribution in [2.45, 2.75) is 334 Å². The third kappa shape index (κ3) is 51.7. The van der Waals surface area contributed by atoms with Crippen LogP contribution in [-0.4, -0.2) is 47.4 Å². The van der Waals surface area contributed by atoms with E-state index in [0.717, 1.165) is 44.9 Å². The number of rotatable bonds is 55. The van der Waals surface area contributed by atoms with Crippen molar-refractivity contribution < 1.29 is 24.5 Å². The molecule has 0 bridgehead atoms. The fourth-order valence-corrected chi connectivity index (χ4v) is 9.16. The number of hydrogen-bond acceptors (Lipinski definition) is 5. The van der Waals surface area contributed by atoms with Crippen molar-refractivity contribution >= 4 is 11.9 Å². The molecular weight excluding hydrogens is 815 g/mol. The second-order valence-corrected chi connectivity index (χ2v) is 20.3. The Labute approximate surface area is 411 Å². The summed E-state index contributed by atoms with van der Waals surface area (Å²) in [5.41, 5.74) is 0. The van der Waals surface area contributed by atoms with Crippen LogP contribution in [0.5, 0.6) is 0 Å². The molecule has 0 heterocycles. The smallest absolute Gasteiger partial charge is 0.305 e. The predicted octanol–water partition coefficient (Wildman–Crippen LogP) is 18.2. The van der Waals surface area contributed by atoms with Crippen molar-refractivity contribution in [2.75, 3.05) is 13.2 Å². The van der Waals surface area contributed by atoms with Gasteiger partial charge in [0, 0.05) is 12.8 Å². The first-order valence-corrected chi connectivity index (χ1v) is 29.6. The normalized spacial score (nSPS) is 12.7. The summed E-state index contributed by atoms with van der Waals surface area (Å²) in [6.45, 7) is 4.89. The zero-order valence-electron chi connectivity index (χ0n) is 44.4. The Morgan fingerprint density at radius 3 is 1.09 bits per heavy atom. The lowest BCUT2D eigenvalue weighted by molar-refractivity contribution is -0.143. The zero-order valence-corrected chi connectivity index (χ0v) is 44.4. The SMILES string of the molecule is CCCCCC/C=C\CCCCCCCC(=O)OCCCCCCCCCCCCCCCCCCCCCCCCC(=O)NC(CO)C(O)/C=C/CCCCCCCCCCCCCC. The van der Waals surface area contributed by atoms with Gasteiger partial charge in [-0.2, -0.15) is 0 Å². The Kier molecular flexibility index (Phi) is 54.5. The van der Waals surface area contributed by atoms with Crippen molar-refractivity contribution in [3.8, 4) is 0 Å². The molecule has 0 rings (SSSR count). The van der Waals surface area contributed by atoms with Gasteiger partial charge in [0.1, 0.15) is 0 Å². The van der Waals surface area contributed by atoms with E-state index in [1.54, 1.807) is 6.08 Å². The highest BCUT2D eigenvalue weighted by Gasteiger charge is 2.18. The van der Waals surface area contributed by atoms with Gasteiger partial charge in [-0.3, -0.25) is 9.59 Å². The van der Waals surface area contributed by atoms with Gasteiger partial charge in [-0.25, -0.2) is 0 Å². The number of amides is 1. The molecule has 0 radical (unpaired) electrons. The second kappa shape index (κ2) is 55.9. The number of aliphatic hydroxyl groups is 2. The fraction of sp³-hybridized carbons (Fsp3) is 0.900. The highest BCUT2D eigenvalue weighted by Crippen LogP contribution is 2.17. The lowest BCUT2D eigenvalue weighted by atomic mass is 10.0. The first-order chi connectivity index (χ1) is 32.5. The van der Waals surface area contributed by atoms with E-state index < -0.39 is 12.1 Å². The Bertz CT molecular complexity index is 1030. The van der Waals surface area contributed by atoms with Crippen LogP contribution in [0.4, 0.5) is 0 Å². The molecule has 0 aromatic heterocycles. The summed E-state index contributed by atoms with van der Waals surface area (Å²) >= 11 is 0. The van der Waals surface area contributed by atoms with Crippen LogP contribution in [0.15, 0.2) is 24.3 Å².